The number of thiophene rings is 1. The monoisotopic (exact) mass is 406 g/mol. The summed E-state index contributed by atoms with van der Waals surface area (Å²) in [5, 5.41) is 4.96. The Morgan fingerprint density at radius 1 is 1.10 bits per heavy atom. The van der Waals surface area contributed by atoms with Crippen molar-refractivity contribution in [3.05, 3.63) is 76.0 Å². The lowest BCUT2D eigenvalue weighted by atomic mass is 9.81. The largest absolute Gasteiger partial charge is 0.454 e. The first-order chi connectivity index (χ1) is 14.1. The summed E-state index contributed by atoms with van der Waals surface area (Å²) >= 11 is 1.54. The Morgan fingerprint density at radius 2 is 1.93 bits per heavy atom. The van der Waals surface area contributed by atoms with Crippen LogP contribution in [0.25, 0.3) is 0 Å². The van der Waals surface area contributed by atoms with E-state index in [1.165, 1.54) is 0 Å². The van der Waals surface area contributed by atoms with E-state index in [2.05, 4.69) is 5.32 Å². The summed E-state index contributed by atoms with van der Waals surface area (Å²) in [6, 6.07) is 16.2. The van der Waals surface area contributed by atoms with Gasteiger partial charge in [0.25, 0.3) is 5.91 Å². The van der Waals surface area contributed by atoms with Crippen molar-refractivity contribution >= 4 is 28.8 Å². The zero-order valence-corrected chi connectivity index (χ0v) is 16.4. The standard InChI is InChI=1S/C22H18N2O4S/c1-24-20(18-7-4-10-29-18)19(14-5-2-3-6-15(14)22(24)26)21(25)23-13-8-9-16-17(11-13)28-12-27-16/h2-11,19-20H,12H2,1H3,(H,23,25)/t19-,20+/m1/s1. The van der Waals surface area contributed by atoms with Crippen LogP contribution in [-0.2, 0) is 4.79 Å². The van der Waals surface area contributed by atoms with Crippen LogP contribution >= 0.6 is 11.3 Å². The molecule has 146 valence electrons. The Balaban J connectivity index is 1.55. The third kappa shape index (κ3) is 2.94. The molecule has 5 rings (SSSR count). The number of anilines is 1. The van der Waals surface area contributed by atoms with Crippen molar-refractivity contribution in [2.45, 2.75) is 12.0 Å². The molecule has 0 spiro atoms. The molecule has 2 aromatic carbocycles. The van der Waals surface area contributed by atoms with Gasteiger partial charge in [0.05, 0.1) is 12.0 Å². The van der Waals surface area contributed by atoms with Gasteiger partial charge in [0.1, 0.15) is 0 Å². The van der Waals surface area contributed by atoms with Gasteiger partial charge in [0.2, 0.25) is 12.7 Å². The lowest BCUT2D eigenvalue weighted by molar-refractivity contribution is -0.119. The second-order valence-corrected chi connectivity index (χ2v) is 7.98. The lowest BCUT2D eigenvalue weighted by Crippen LogP contribution is -2.43. The summed E-state index contributed by atoms with van der Waals surface area (Å²) in [6.45, 7) is 0.177. The number of rotatable bonds is 3. The third-order valence-corrected chi connectivity index (χ3v) is 6.28. The molecule has 1 aromatic heterocycles. The van der Waals surface area contributed by atoms with Crippen molar-refractivity contribution in [1.82, 2.24) is 4.90 Å². The third-order valence-electron chi connectivity index (χ3n) is 5.34. The van der Waals surface area contributed by atoms with E-state index in [1.807, 2.05) is 35.7 Å². The number of hydrogen-bond acceptors (Lipinski definition) is 5. The molecule has 6 nitrogen and oxygen atoms in total. The molecule has 29 heavy (non-hydrogen) atoms. The van der Waals surface area contributed by atoms with E-state index in [0.29, 0.717) is 22.7 Å². The minimum Gasteiger partial charge on any atom is -0.454 e. The van der Waals surface area contributed by atoms with Crippen molar-refractivity contribution in [2.75, 3.05) is 19.2 Å². The van der Waals surface area contributed by atoms with E-state index < -0.39 is 5.92 Å². The molecule has 1 N–H and O–H groups in total. The van der Waals surface area contributed by atoms with Crippen LogP contribution in [0.5, 0.6) is 11.5 Å². The molecule has 3 aromatic rings. The van der Waals surface area contributed by atoms with Crippen LogP contribution in [0.15, 0.2) is 60.0 Å². The minimum absolute atomic E-state index is 0.0777. The molecule has 2 aliphatic heterocycles. The Labute approximate surface area is 171 Å². The molecule has 2 aliphatic rings. The van der Waals surface area contributed by atoms with Crippen molar-refractivity contribution < 1.29 is 19.1 Å². The first-order valence-electron chi connectivity index (χ1n) is 9.23. The van der Waals surface area contributed by atoms with Gasteiger partial charge in [-0.15, -0.1) is 11.3 Å². The Bertz CT molecular complexity index is 1100. The average molecular weight is 406 g/mol. The zero-order valence-electron chi connectivity index (χ0n) is 15.6. The first kappa shape index (κ1) is 17.8. The number of carbonyl (C=O) groups is 2. The molecule has 2 amide bonds. The maximum absolute atomic E-state index is 13.5. The summed E-state index contributed by atoms with van der Waals surface area (Å²) in [7, 11) is 1.75. The number of ether oxygens (including phenoxy) is 2. The van der Waals surface area contributed by atoms with Gasteiger partial charge in [-0.1, -0.05) is 24.3 Å². The predicted octanol–water partition coefficient (Wildman–Crippen LogP) is 4.03. The molecule has 0 saturated carbocycles. The van der Waals surface area contributed by atoms with Gasteiger partial charge in [0.15, 0.2) is 11.5 Å². The highest BCUT2D eigenvalue weighted by atomic mass is 32.1. The Kier molecular flexibility index (Phi) is 4.24. The molecule has 7 heteroatoms. The number of benzene rings is 2. The number of fused-ring (bicyclic) bond motifs is 2. The summed E-state index contributed by atoms with van der Waals surface area (Å²) < 4.78 is 10.7. The zero-order chi connectivity index (χ0) is 20.0. The molecule has 0 radical (unpaired) electrons. The normalized spacial score (nSPS) is 19.8. The van der Waals surface area contributed by atoms with Crippen molar-refractivity contribution in [1.29, 1.82) is 0 Å². The highest BCUT2D eigenvalue weighted by molar-refractivity contribution is 7.10. The van der Waals surface area contributed by atoms with Gasteiger partial charge >= 0.3 is 0 Å². The van der Waals surface area contributed by atoms with Gasteiger partial charge in [-0.05, 0) is 35.2 Å². The second kappa shape index (κ2) is 6.93. The van der Waals surface area contributed by atoms with E-state index in [9.17, 15) is 9.59 Å². The number of hydrogen-bond donors (Lipinski definition) is 1. The molecule has 0 fully saturated rings. The molecule has 0 unspecified atom stereocenters. The van der Waals surface area contributed by atoms with Gasteiger partial charge in [0, 0.05) is 29.2 Å². The maximum Gasteiger partial charge on any atom is 0.254 e. The molecule has 0 aliphatic carbocycles. The van der Waals surface area contributed by atoms with Gasteiger partial charge in [-0.25, -0.2) is 0 Å². The molecule has 2 atom stereocenters. The van der Waals surface area contributed by atoms with Crippen LogP contribution in [0.2, 0.25) is 0 Å². The average Bonchev–Trinajstić information content (AvgIpc) is 3.42. The molecular weight excluding hydrogens is 388 g/mol. The smallest absolute Gasteiger partial charge is 0.254 e. The highest BCUT2D eigenvalue weighted by Crippen LogP contribution is 2.44. The summed E-state index contributed by atoms with van der Waals surface area (Å²) in [4.78, 5) is 29.1. The van der Waals surface area contributed by atoms with E-state index >= 15 is 0 Å². The Hall–Kier alpha value is -3.32. The molecule has 0 bridgehead atoms. The number of likely N-dealkylation sites (N-methyl/N-ethyl adjacent to an activating group) is 1. The van der Waals surface area contributed by atoms with Crippen LogP contribution in [0.4, 0.5) is 5.69 Å². The summed E-state index contributed by atoms with van der Waals surface area (Å²) in [5.74, 6) is 0.486. The van der Waals surface area contributed by atoms with Crippen molar-refractivity contribution in [3.63, 3.8) is 0 Å². The number of amides is 2. The van der Waals surface area contributed by atoms with E-state index in [4.69, 9.17) is 9.47 Å². The maximum atomic E-state index is 13.5. The minimum atomic E-state index is -0.530. The van der Waals surface area contributed by atoms with Gasteiger partial charge < -0.3 is 19.7 Å². The predicted molar refractivity (Wildman–Crippen MR) is 110 cm³/mol. The fourth-order valence-electron chi connectivity index (χ4n) is 3.97. The SMILES string of the molecule is CN1C(=O)c2ccccc2[C@@H](C(=O)Nc2ccc3c(c2)OCO3)[C@@H]1c1cccs1. The topological polar surface area (TPSA) is 67.9 Å². The second-order valence-electron chi connectivity index (χ2n) is 7.00. The van der Waals surface area contributed by atoms with Crippen molar-refractivity contribution in [3.8, 4) is 11.5 Å². The lowest BCUT2D eigenvalue weighted by Gasteiger charge is -2.39. The van der Waals surface area contributed by atoms with Gasteiger partial charge in [-0.3, -0.25) is 9.59 Å². The van der Waals surface area contributed by atoms with Crippen molar-refractivity contribution in [2.24, 2.45) is 0 Å². The van der Waals surface area contributed by atoms with E-state index in [0.717, 1.165) is 10.4 Å². The molecule has 3 heterocycles. The van der Waals surface area contributed by atoms with Crippen LogP contribution in [0.3, 0.4) is 0 Å². The Morgan fingerprint density at radius 3 is 2.76 bits per heavy atom. The van der Waals surface area contributed by atoms with E-state index in [-0.39, 0.29) is 24.6 Å². The quantitative estimate of drug-likeness (QED) is 0.713. The highest BCUT2D eigenvalue weighted by Gasteiger charge is 2.43. The summed E-state index contributed by atoms with van der Waals surface area (Å²) in [6.07, 6.45) is 0. The number of nitrogens with zero attached hydrogens (tertiary/aromatic N) is 1. The van der Waals surface area contributed by atoms with Crippen LogP contribution in [-0.4, -0.2) is 30.6 Å². The fourth-order valence-corrected chi connectivity index (χ4v) is 4.87. The number of nitrogens with one attached hydrogen (secondary N) is 1. The fraction of sp³-hybridized carbons (Fsp3) is 0.182. The van der Waals surface area contributed by atoms with Crippen LogP contribution in [0, 0.1) is 0 Å². The van der Waals surface area contributed by atoms with Gasteiger partial charge in [-0.2, -0.15) is 0 Å². The molecular formula is C22H18N2O4S. The van der Waals surface area contributed by atoms with Crippen LogP contribution < -0.4 is 14.8 Å². The van der Waals surface area contributed by atoms with Crippen LogP contribution in [0.1, 0.15) is 32.8 Å². The summed E-state index contributed by atoms with van der Waals surface area (Å²) in [5.41, 5.74) is 1.93. The van der Waals surface area contributed by atoms with E-state index in [1.54, 1.807) is 47.5 Å². The first-order valence-corrected chi connectivity index (χ1v) is 10.1. The molecule has 0 saturated heterocycles. The number of carbonyl (C=O) groups excluding carboxylic acids is 2.